The summed E-state index contributed by atoms with van der Waals surface area (Å²) in [7, 11) is 0. The predicted molar refractivity (Wildman–Crippen MR) is 355 cm³/mol. The highest BCUT2D eigenvalue weighted by Gasteiger charge is 2.38. The normalized spacial score (nSPS) is 13.6. The third-order valence-electron chi connectivity index (χ3n) is 17.7. The maximum atomic E-state index is 2.42. The first kappa shape index (κ1) is 51.4. The molecule has 0 unspecified atom stereocenters. The van der Waals surface area contributed by atoms with Gasteiger partial charge in [-0.05, 0) is 226 Å². The van der Waals surface area contributed by atoms with Crippen molar-refractivity contribution in [2.75, 3.05) is 9.80 Å². The molecule has 1 aromatic heterocycles. The van der Waals surface area contributed by atoms with Crippen LogP contribution in [0.5, 0.6) is 0 Å². The van der Waals surface area contributed by atoms with E-state index in [4.69, 9.17) is 0 Å². The number of anilines is 6. The van der Waals surface area contributed by atoms with Gasteiger partial charge in [0.25, 0.3) is 0 Å². The quantitative estimate of drug-likeness (QED) is 0.120. The molecule has 0 saturated heterocycles. The highest BCUT2D eigenvalue weighted by atomic mass is 15.1. The minimum Gasteiger partial charge on any atom is -0.310 e. The molecule has 3 heteroatoms. The number of benzene rings is 11. The molecule has 0 saturated carbocycles. The van der Waals surface area contributed by atoms with E-state index in [1.165, 1.54) is 111 Å². The Kier molecular flexibility index (Phi) is 12.4. The Morgan fingerprint density at radius 2 is 0.602 bits per heavy atom. The third kappa shape index (κ3) is 9.09. The van der Waals surface area contributed by atoms with Crippen LogP contribution in [0.3, 0.4) is 0 Å². The van der Waals surface area contributed by atoms with Gasteiger partial charge >= 0.3 is 0 Å². The van der Waals surface area contributed by atoms with Crippen LogP contribution in [-0.2, 0) is 10.8 Å². The highest BCUT2D eigenvalue weighted by Crippen LogP contribution is 2.53. The van der Waals surface area contributed by atoms with E-state index in [1.54, 1.807) is 0 Å². The second-order valence-electron chi connectivity index (χ2n) is 24.2. The molecule has 0 atom stereocenters. The second-order valence-corrected chi connectivity index (χ2v) is 24.2. The van der Waals surface area contributed by atoms with Gasteiger partial charge in [-0.2, -0.15) is 0 Å². The van der Waals surface area contributed by atoms with Gasteiger partial charge in [0.2, 0.25) is 0 Å². The fourth-order valence-corrected chi connectivity index (χ4v) is 13.4. The molecule has 12 aromatic rings. The molecule has 14 rings (SSSR count). The van der Waals surface area contributed by atoms with Gasteiger partial charge in [-0.15, -0.1) is 0 Å². The highest BCUT2D eigenvalue weighted by molar-refractivity contribution is 6.11. The molecule has 402 valence electrons. The van der Waals surface area contributed by atoms with Crippen molar-refractivity contribution in [2.24, 2.45) is 0 Å². The Balaban J connectivity index is 0.763. The summed E-state index contributed by atoms with van der Waals surface area (Å²) >= 11 is 0. The largest absolute Gasteiger partial charge is 0.310 e. The molecule has 2 aliphatic rings. The van der Waals surface area contributed by atoms with E-state index in [9.17, 15) is 0 Å². The molecule has 0 aliphatic heterocycles. The Morgan fingerprint density at radius 1 is 0.289 bits per heavy atom. The van der Waals surface area contributed by atoms with Gasteiger partial charge in [-0.3, -0.25) is 0 Å². The lowest BCUT2D eigenvalue weighted by Crippen LogP contribution is -2.16. The average molecular weight is 1070 g/mol. The summed E-state index contributed by atoms with van der Waals surface area (Å²) in [6.45, 7) is 18.2. The van der Waals surface area contributed by atoms with Gasteiger partial charge in [-0.1, -0.05) is 179 Å². The summed E-state index contributed by atoms with van der Waals surface area (Å²) in [5.74, 6) is 0. The van der Waals surface area contributed by atoms with Gasteiger partial charge in [0, 0.05) is 61.4 Å². The number of nitrogens with zero attached hydrogens (tertiary/aromatic N) is 3. The number of aromatic nitrogens is 1. The van der Waals surface area contributed by atoms with Gasteiger partial charge in [0.05, 0.1) is 11.0 Å². The molecular formula is C80H67N3. The smallest absolute Gasteiger partial charge is 0.0541 e. The van der Waals surface area contributed by atoms with Crippen molar-refractivity contribution in [1.29, 1.82) is 0 Å². The molecule has 83 heavy (non-hydrogen) atoms. The lowest BCUT2D eigenvalue weighted by atomic mass is 9.81. The molecule has 0 radical (unpaired) electrons. The first-order valence-electron chi connectivity index (χ1n) is 29.2. The molecule has 1 heterocycles. The van der Waals surface area contributed by atoms with E-state index in [2.05, 4.69) is 331 Å². The lowest BCUT2D eigenvalue weighted by Gasteiger charge is -2.28. The zero-order chi connectivity index (χ0) is 56.7. The number of para-hydroxylation sites is 1. The summed E-state index contributed by atoms with van der Waals surface area (Å²) in [6, 6.07) is 88.1. The summed E-state index contributed by atoms with van der Waals surface area (Å²) in [5.41, 5.74) is 30.4. The van der Waals surface area contributed by atoms with Crippen molar-refractivity contribution >= 4 is 80.2 Å². The molecule has 0 bridgehead atoms. The van der Waals surface area contributed by atoms with Crippen LogP contribution in [0.15, 0.2) is 237 Å². The van der Waals surface area contributed by atoms with Crippen molar-refractivity contribution in [3.8, 4) is 27.9 Å². The minimum absolute atomic E-state index is 0.194. The van der Waals surface area contributed by atoms with E-state index in [0.717, 1.165) is 39.6 Å². The molecule has 3 nitrogen and oxygen atoms in total. The summed E-state index contributed by atoms with van der Waals surface area (Å²) in [5, 5.41) is 2.46. The molecule has 0 spiro atoms. The molecule has 0 N–H and O–H groups in total. The first-order valence-corrected chi connectivity index (χ1v) is 29.2. The van der Waals surface area contributed by atoms with Gasteiger partial charge in [0.1, 0.15) is 0 Å². The van der Waals surface area contributed by atoms with Crippen molar-refractivity contribution in [3.05, 3.63) is 303 Å². The molecular weight excluding hydrogens is 1000 g/mol. The number of aryl methyl sites for hydroxylation is 4. The van der Waals surface area contributed by atoms with Crippen LogP contribution >= 0.6 is 0 Å². The van der Waals surface area contributed by atoms with Crippen LogP contribution in [-0.4, -0.2) is 4.57 Å². The fraction of sp³-hybridized carbons (Fsp3) is 0.125. The summed E-state index contributed by atoms with van der Waals surface area (Å²) in [4.78, 5) is 4.80. The van der Waals surface area contributed by atoms with E-state index in [1.807, 2.05) is 0 Å². The number of hydrogen-bond acceptors (Lipinski definition) is 2. The second kappa shape index (κ2) is 20.1. The summed E-state index contributed by atoms with van der Waals surface area (Å²) < 4.78 is 2.41. The van der Waals surface area contributed by atoms with Gasteiger partial charge < -0.3 is 14.4 Å². The zero-order valence-electron chi connectivity index (χ0n) is 48.7. The Labute approximate surface area is 489 Å². The number of rotatable bonds is 11. The third-order valence-corrected chi connectivity index (χ3v) is 17.7. The first-order chi connectivity index (χ1) is 40.2. The topological polar surface area (TPSA) is 11.4 Å². The van der Waals surface area contributed by atoms with Crippen molar-refractivity contribution in [2.45, 2.75) is 66.2 Å². The Hall–Kier alpha value is -9.70. The molecule has 2 aliphatic carbocycles. The van der Waals surface area contributed by atoms with Crippen LogP contribution in [0.4, 0.5) is 34.1 Å². The molecule has 0 fully saturated rings. The number of hydrogen-bond donors (Lipinski definition) is 0. The van der Waals surface area contributed by atoms with Gasteiger partial charge in [-0.25, -0.2) is 0 Å². The van der Waals surface area contributed by atoms with E-state index >= 15 is 0 Å². The molecule has 11 aromatic carbocycles. The van der Waals surface area contributed by atoms with Crippen LogP contribution in [0.1, 0.15) is 94.5 Å². The monoisotopic (exact) mass is 1070 g/mol. The Morgan fingerprint density at radius 3 is 0.964 bits per heavy atom. The zero-order valence-corrected chi connectivity index (χ0v) is 48.7. The van der Waals surface area contributed by atoms with E-state index in [-0.39, 0.29) is 10.8 Å². The Bertz CT molecular complexity index is 4250. The van der Waals surface area contributed by atoms with Crippen LogP contribution in [0.2, 0.25) is 0 Å². The molecule has 0 amide bonds. The average Bonchev–Trinajstić information content (AvgIpc) is 2.88. The van der Waals surface area contributed by atoms with Crippen molar-refractivity contribution < 1.29 is 0 Å². The van der Waals surface area contributed by atoms with Gasteiger partial charge in [0.15, 0.2) is 0 Å². The van der Waals surface area contributed by atoms with Crippen LogP contribution in [0, 0.1) is 27.7 Å². The van der Waals surface area contributed by atoms with Crippen LogP contribution < -0.4 is 9.80 Å². The SMILES string of the molecule is Cc1cccc(N(c2cccc(C)c2)c2ccc3c(c2)C(C)(C)c2cc(C=Cc4ccc5c(c4)c4cc(C=Cc6ccc7c(c6)C(C)(C)c6cc(N(c8cccc(C)c8)c8cccc(C)c8)ccc6-7)ccc4n5-c4ccccc4)ccc2-3)c1. The van der Waals surface area contributed by atoms with Crippen LogP contribution in [0.25, 0.3) is 74.1 Å². The maximum absolute atomic E-state index is 2.42. The number of fused-ring (bicyclic) bond motifs is 9. The van der Waals surface area contributed by atoms with E-state index < -0.39 is 0 Å². The lowest BCUT2D eigenvalue weighted by molar-refractivity contribution is 0.660. The van der Waals surface area contributed by atoms with Crippen molar-refractivity contribution in [3.63, 3.8) is 0 Å². The minimum atomic E-state index is -0.194. The van der Waals surface area contributed by atoms with Crippen molar-refractivity contribution in [1.82, 2.24) is 4.57 Å². The predicted octanol–water partition coefficient (Wildman–Crippen LogP) is 21.9. The summed E-state index contributed by atoms with van der Waals surface area (Å²) in [6.07, 6.45) is 9.14. The standard InChI is InChI=1S/C80H67N3/c1-52-16-12-22-61(42-52)81(62-23-13-17-53(2)43-62)65-34-38-69-67-36-30-58(48-73(67)79(5,6)75(69)50-65)28-26-56-32-40-77-71(46-56)72-47-57(33-41-78(72)83(77)60-20-10-9-11-21-60)27-29-59-31-37-68-70-39-35-66(51-76(70)80(7,8)74(68)49-59)82(63-24-14-18-54(3)44-63)64-25-15-19-55(4)45-64/h9-51H,1-8H3. The maximum Gasteiger partial charge on any atom is 0.0541 e. The van der Waals surface area contributed by atoms with E-state index in [0.29, 0.717) is 0 Å². The fourth-order valence-electron chi connectivity index (χ4n) is 13.4.